The van der Waals surface area contributed by atoms with Gasteiger partial charge in [0.15, 0.2) is 0 Å². The minimum atomic E-state index is -0.340. The van der Waals surface area contributed by atoms with Gasteiger partial charge in [-0.1, -0.05) is 12.1 Å². The zero-order chi connectivity index (χ0) is 19.9. The minimum Gasteiger partial charge on any atom is -0.497 e. The Hall–Kier alpha value is -3.87. The van der Waals surface area contributed by atoms with Crippen LogP contribution in [0, 0.1) is 0 Å². The number of carbonyl (C=O) groups is 2. The van der Waals surface area contributed by atoms with Crippen LogP contribution in [0.25, 0.3) is 0 Å². The number of nitrogens with zero attached hydrogens (tertiary/aromatic N) is 1. The topological polar surface area (TPSA) is 92.4 Å². The highest BCUT2D eigenvalue weighted by Gasteiger charge is 2.09. The van der Waals surface area contributed by atoms with Crippen LogP contribution in [0.15, 0.2) is 66.9 Å². The number of rotatable bonds is 6. The van der Waals surface area contributed by atoms with Crippen LogP contribution in [-0.2, 0) is 4.79 Å². The average Bonchev–Trinajstić information content (AvgIpc) is 2.68. The van der Waals surface area contributed by atoms with Crippen LogP contribution >= 0.6 is 0 Å². The van der Waals surface area contributed by atoms with E-state index in [1.165, 1.54) is 6.92 Å². The molecule has 0 aliphatic rings. The number of hydrogen-bond acceptors (Lipinski definition) is 5. The van der Waals surface area contributed by atoms with Crippen molar-refractivity contribution >= 4 is 34.6 Å². The maximum absolute atomic E-state index is 12.4. The number of methoxy groups -OCH3 is 1. The Balaban J connectivity index is 1.66. The molecule has 0 unspecified atom stereocenters. The van der Waals surface area contributed by atoms with E-state index in [-0.39, 0.29) is 17.5 Å². The molecule has 3 aromatic rings. The molecule has 2 amide bonds. The summed E-state index contributed by atoms with van der Waals surface area (Å²) in [6.45, 7) is 1.43. The number of benzene rings is 2. The largest absolute Gasteiger partial charge is 0.497 e. The zero-order valence-corrected chi connectivity index (χ0v) is 15.5. The van der Waals surface area contributed by atoms with Gasteiger partial charge >= 0.3 is 0 Å². The second-order valence-electron chi connectivity index (χ2n) is 6.01. The van der Waals surface area contributed by atoms with Crippen LogP contribution in [0.2, 0.25) is 0 Å². The standard InChI is InChI=1S/C21H20N4O3/c1-14(26)23-15-5-3-6-16(11-15)25-21(27)20-10-9-18(13-22-20)24-17-7-4-8-19(12-17)28-2/h3-13,24H,1-2H3,(H,23,26)(H,25,27). The number of hydrogen-bond donors (Lipinski definition) is 3. The third-order valence-electron chi connectivity index (χ3n) is 3.80. The van der Waals surface area contributed by atoms with Gasteiger partial charge in [0, 0.05) is 30.1 Å². The SMILES string of the molecule is COc1cccc(Nc2ccc(C(=O)Nc3cccc(NC(C)=O)c3)nc2)c1. The van der Waals surface area contributed by atoms with Crippen LogP contribution in [0.5, 0.6) is 5.75 Å². The fourth-order valence-electron chi connectivity index (χ4n) is 2.54. The highest BCUT2D eigenvalue weighted by molar-refractivity contribution is 6.03. The van der Waals surface area contributed by atoms with Crippen molar-refractivity contribution in [2.45, 2.75) is 6.92 Å². The molecule has 0 atom stereocenters. The van der Waals surface area contributed by atoms with Crippen LogP contribution in [0.4, 0.5) is 22.7 Å². The Morgan fingerprint density at radius 1 is 0.857 bits per heavy atom. The molecule has 7 nitrogen and oxygen atoms in total. The van der Waals surface area contributed by atoms with E-state index in [1.54, 1.807) is 49.7 Å². The third kappa shape index (κ3) is 5.07. The smallest absolute Gasteiger partial charge is 0.274 e. The van der Waals surface area contributed by atoms with Crippen LogP contribution in [0.1, 0.15) is 17.4 Å². The number of pyridine rings is 1. The van der Waals surface area contributed by atoms with Gasteiger partial charge in [-0.2, -0.15) is 0 Å². The molecule has 0 aliphatic carbocycles. The normalized spacial score (nSPS) is 10.1. The molecular formula is C21H20N4O3. The Bertz CT molecular complexity index is 987. The zero-order valence-electron chi connectivity index (χ0n) is 15.5. The average molecular weight is 376 g/mol. The minimum absolute atomic E-state index is 0.177. The van der Waals surface area contributed by atoms with E-state index in [4.69, 9.17) is 4.74 Å². The molecule has 0 bridgehead atoms. The Kier molecular flexibility index (Phi) is 5.86. The predicted octanol–water partition coefficient (Wildman–Crippen LogP) is 4.04. The van der Waals surface area contributed by atoms with E-state index >= 15 is 0 Å². The van der Waals surface area contributed by atoms with Gasteiger partial charge in [-0.25, -0.2) is 4.98 Å². The fourth-order valence-corrected chi connectivity index (χ4v) is 2.54. The summed E-state index contributed by atoms with van der Waals surface area (Å²) < 4.78 is 5.20. The fraction of sp³-hybridized carbons (Fsp3) is 0.0952. The summed E-state index contributed by atoms with van der Waals surface area (Å²) in [5.74, 6) is 0.229. The first kappa shape index (κ1) is 18.9. The van der Waals surface area contributed by atoms with Crippen molar-refractivity contribution in [2.24, 2.45) is 0 Å². The van der Waals surface area contributed by atoms with Crippen molar-refractivity contribution in [3.63, 3.8) is 0 Å². The van der Waals surface area contributed by atoms with Crippen molar-refractivity contribution in [2.75, 3.05) is 23.1 Å². The Morgan fingerprint density at radius 2 is 1.57 bits per heavy atom. The predicted molar refractivity (Wildman–Crippen MR) is 109 cm³/mol. The van der Waals surface area contributed by atoms with E-state index in [2.05, 4.69) is 20.9 Å². The third-order valence-corrected chi connectivity index (χ3v) is 3.80. The van der Waals surface area contributed by atoms with Crippen LogP contribution in [-0.4, -0.2) is 23.9 Å². The number of amides is 2. The molecule has 28 heavy (non-hydrogen) atoms. The van der Waals surface area contributed by atoms with Gasteiger partial charge in [-0.05, 0) is 42.5 Å². The monoisotopic (exact) mass is 376 g/mol. The van der Waals surface area contributed by atoms with E-state index < -0.39 is 0 Å². The van der Waals surface area contributed by atoms with Gasteiger partial charge in [-0.3, -0.25) is 9.59 Å². The van der Waals surface area contributed by atoms with Crippen LogP contribution < -0.4 is 20.7 Å². The molecular weight excluding hydrogens is 356 g/mol. The molecule has 0 aliphatic heterocycles. The first-order valence-electron chi connectivity index (χ1n) is 8.59. The first-order chi connectivity index (χ1) is 13.5. The van der Waals surface area contributed by atoms with Gasteiger partial charge in [0.25, 0.3) is 5.91 Å². The molecule has 0 fully saturated rings. The van der Waals surface area contributed by atoms with E-state index in [9.17, 15) is 9.59 Å². The Morgan fingerprint density at radius 3 is 2.25 bits per heavy atom. The maximum atomic E-state index is 12.4. The van der Waals surface area contributed by atoms with Gasteiger partial charge in [0.05, 0.1) is 19.0 Å². The lowest BCUT2D eigenvalue weighted by Crippen LogP contribution is -2.14. The van der Waals surface area contributed by atoms with Crippen molar-refractivity contribution < 1.29 is 14.3 Å². The quantitative estimate of drug-likeness (QED) is 0.604. The summed E-state index contributed by atoms with van der Waals surface area (Å²) in [6, 6.07) is 17.8. The molecule has 0 saturated heterocycles. The van der Waals surface area contributed by atoms with Gasteiger partial charge in [-0.15, -0.1) is 0 Å². The molecule has 3 N–H and O–H groups in total. The molecule has 3 rings (SSSR count). The number of nitrogens with one attached hydrogen (secondary N) is 3. The molecule has 142 valence electrons. The van der Waals surface area contributed by atoms with E-state index in [0.717, 1.165) is 17.1 Å². The summed E-state index contributed by atoms with van der Waals surface area (Å²) in [4.78, 5) is 27.8. The highest BCUT2D eigenvalue weighted by Crippen LogP contribution is 2.21. The summed E-state index contributed by atoms with van der Waals surface area (Å²) in [5, 5.41) is 8.65. The van der Waals surface area contributed by atoms with E-state index in [0.29, 0.717) is 11.4 Å². The van der Waals surface area contributed by atoms with E-state index in [1.807, 2.05) is 24.3 Å². The van der Waals surface area contributed by atoms with Gasteiger partial charge in [0.2, 0.25) is 5.91 Å². The van der Waals surface area contributed by atoms with Crippen molar-refractivity contribution in [3.05, 3.63) is 72.6 Å². The highest BCUT2D eigenvalue weighted by atomic mass is 16.5. The molecule has 0 spiro atoms. The molecule has 1 aromatic heterocycles. The summed E-state index contributed by atoms with van der Waals surface area (Å²) in [5.41, 5.74) is 3.06. The second-order valence-corrected chi connectivity index (χ2v) is 6.01. The van der Waals surface area contributed by atoms with Gasteiger partial charge < -0.3 is 20.7 Å². The number of anilines is 4. The summed E-state index contributed by atoms with van der Waals surface area (Å²) in [6.07, 6.45) is 1.59. The second kappa shape index (κ2) is 8.68. The number of ether oxygens (including phenoxy) is 1. The van der Waals surface area contributed by atoms with Crippen molar-refractivity contribution in [1.82, 2.24) is 4.98 Å². The molecule has 2 aromatic carbocycles. The van der Waals surface area contributed by atoms with Crippen molar-refractivity contribution in [1.29, 1.82) is 0 Å². The maximum Gasteiger partial charge on any atom is 0.274 e. The lowest BCUT2D eigenvalue weighted by molar-refractivity contribution is -0.114. The number of carbonyl (C=O) groups excluding carboxylic acids is 2. The number of aromatic nitrogens is 1. The lowest BCUT2D eigenvalue weighted by atomic mass is 10.2. The lowest BCUT2D eigenvalue weighted by Gasteiger charge is -2.09. The molecule has 7 heteroatoms. The van der Waals surface area contributed by atoms with Crippen molar-refractivity contribution in [3.8, 4) is 5.75 Å². The molecule has 0 saturated carbocycles. The molecule has 0 radical (unpaired) electrons. The molecule has 1 heterocycles. The Labute approximate surface area is 162 Å². The summed E-state index contributed by atoms with van der Waals surface area (Å²) >= 11 is 0. The van der Waals surface area contributed by atoms with Gasteiger partial charge in [0.1, 0.15) is 11.4 Å². The first-order valence-corrected chi connectivity index (χ1v) is 8.59. The van der Waals surface area contributed by atoms with Crippen LogP contribution in [0.3, 0.4) is 0 Å². The summed E-state index contributed by atoms with van der Waals surface area (Å²) in [7, 11) is 1.61.